The van der Waals surface area contributed by atoms with E-state index in [2.05, 4.69) is 120 Å². The molecule has 1 heterocycles. The van der Waals surface area contributed by atoms with E-state index in [0.717, 1.165) is 0 Å². The Morgan fingerprint density at radius 2 is 1.22 bits per heavy atom. The van der Waals surface area contributed by atoms with E-state index < -0.39 is 0 Å². The molecule has 7 aromatic carbocycles. The van der Waals surface area contributed by atoms with Gasteiger partial charge in [-0.1, -0.05) is 104 Å². The van der Waals surface area contributed by atoms with Crippen molar-refractivity contribution in [1.29, 1.82) is 0 Å². The molecular weight excluding hydrogens is 494 g/mol. The molecule has 1 nitrogen and oxygen atoms in total. The Bertz CT molecular complexity index is 2330. The highest BCUT2D eigenvalue weighted by Crippen LogP contribution is 2.59. The Hall–Kier alpha value is -4.62. The first-order chi connectivity index (χ1) is 20.3. The molecule has 2 aliphatic carbocycles. The van der Waals surface area contributed by atoms with Gasteiger partial charge >= 0.3 is 0 Å². The number of hydrogen-bond acceptors (Lipinski definition) is 0. The van der Waals surface area contributed by atoms with Crippen LogP contribution in [0.4, 0.5) is 0 Å². The summed E-state index contributed by atoms with van der Waals surface area (Å²) in [5.74, 6) is 0. The van der Waals surface area contributed by atoms with Gasteiger partial charge in [-0.25, -0.2) is 0 Å². The number of aromatic nitrogens is 1. The van der Waals surface area contributed by atoms with Gasteiger partial charge in [0.2, 0.25) is 0 Å². The highest BCUT2D eigenvalue weighted by molar-refractivity contribution is 6.32. The summed E-state index contributed by atoms with van der Waals surface area (Å²) in [5.41, 5.74) is 10.0. The molecule has 0 bridgehead atoms. The van der Waals surface area contributed by atoms with Crippen molar-refractivity contribution in [1.82, 2.24) is 4.57 Å². The molecule has 0 amide bonds. The number of rotatable bonds is 1. The van der Waals surface area contributed by atoms with Crippen LogP contribution >= 0.6 is 0 Å². The van der Waals surface area contributed by atoms with E-state index in [1.54, 1.807) is 11.1 Å². The molecule has 0 saturated heterocycles. The number of fused-ring (bicyclic) bond motifs is 10. The number of hydrogen-bond donors (Lipinski definition) is 0. The smallest absolute Gasteiger partial charge is 0.0620 e. The molecule has 2 aliphatic rings. The van der Waals surface area contributed by atoms with Gasteiger partial charge in [-0.3, -0.25) is 0 Å². The van der Waals surface area contributed by atoms with E-state index in [-0.39, 0.29) is 5.41 Å². The van der Waals surface area contributed by atoms with Gasteiger partial charge in [-0.2, -0.15) is 0 Å². The molecular formula is C40H29N. The lowest BCUT2D eigenvalue weighted by Crippen LogP contribution is -2.28. The molecule has 0 aliphatic heterocycles. The number of para-hydroxylation sites is 2. The molecule has 41 heavy (non-hydrogen) atoms. The van der Waals surface area contributed by atoms with Crippen molar-refractivity contribution in [3.63, 3.8) is 0 Å². The Kier molecular flexibility index (Phi) is 4.19. The average Bonchev–Trinajstić information content (AvgIpc) is 3.50. The first-order valence-corrected chi connectivity index (χ1v) is 15.2. The van der Waals surface area contributed by atoms with Crippen molar-refractivity contribution >= 4 is 54.1 Å². The second-order valence-electron chi connectivity index (χ2n) is 12.4. The van der Waals surface area contributed by atoms with Crippen LogP contribution in [0.5, 0.6) is 0 Å². The molecule has 1 fully saturated rings. The highest BCUT2D eigenvalue weighted by Gasteiger charge is 2.45. The minimum atomic E-state index is 0.140. The minimum absolute atomic E-state index is 0.140. The van der Waals surface area contributed by atoms with Crippen LogP contribution in [0.3, 0.4) is 0 Å². The topological polar surface area (TPSA) is 4.93 Å². The fraction of sp³-hybridized carbons (Fsp3) is 0.150. The van der Waals surface area contributed by atoms with Crippen LogP contribution in [-0.4, -0.2) is 4.57 Å². The zero-order valence-electron chi connectivity index (χ0n) is 23.0. The summed E-state index contributed by atoms with van der Waals surface area (Å²) in [6.07, 6.45) is 6.50. The summed E-state index contributed by atoms with van der Waals surface area (Å²) in [6, 6.07) is 43.7. The monoisotopic (exact) mass is 523 g/mol. The molecule has 0 unspecified atom stereocenters. The highest BCUT2D eigenvalue weighted by atomic mass is 15.0. The number of benzene rings is 7. The summed E-state index contributed by atoms with van der Waals surface area (Å²) in [4.78, 5) is 0. The third-order valence-corrected chi connectivity index (χ3v) is 10.5. The summed E-state index contributed by atoms with van der Waals surface area (Å²) in [5, 5.41) is 11.0. The van der Waals surface area contributed by atoms with E-state index in [4.69, 9.17) is 0 Å². The van der Waals surface area contributed by atoms with Crippen molar-refractivity contribution in [2.75, 3.05) is 0 Å². The lowest BCUT2D eigenvalue weighted by Gasteiger charge is -2.37. The lowest BCUT2D eigenvalue weighted by atomic mass is 9.66. The van der Waals surface area contributed by atoms with Crippen molar-refractivity contribution in [3.05, 3.63) is 126 Å². The third-order valence-electron chi connectivity index (χ3n) is 10.5. The lowest BCUT2D eigenvalue weighted by molar-refractivity contribution is 0.355. The maximum Gasteiger partial charge on any atom is 0.0620 e. The normalized spacial score (nSPS) is 16.0. The maximum absolute atomic E-state index is 2.52. The first kappa shape index (κ1) is 22.1. The van der Waals surface area contributed by atoms with Crippen molar-refractivity contribution < 1.29 is 0 Å². The fourth-order valence-electron chi connectivity index (χ4n) is 8.92. The Morgan fingerprint density at radius 3 is 2.10 bits per heavy atom. The minimum Gasteiger partial charge on any atom is -0.309 e. The molecule has 8 aromatic rings. The van der Waals surface area contributed by atoms with Crippen LogP contribution in [0.15, 0.2) is 115 Å². The van der Waals surface area contributed by atoms with E-state index in [1.807, 2.05) is 0 Å². The van der Waals surface area contributed by atoms with Crippen LogP contribution in [-0.2, 0) is 5.41 Å². The fourth-order valence-corrected chi connectivity index (χ4v) is 8.92. The maximum atomic E-state index is 2.52. The van der Waals surface area contributed by atoms with Crippen LogP contribution < -0.4 is 0 Å². The van der Waals surface area contributed by atoms with Gasteiger partial charge in [0.05, 0.1) is 11.0 Å². The van der Waals surface area contributed by atoms with Crippen LogP contribution in [0.25, 0.3) is 70.9 Å². The molecule has 194 valence electrons. The Morgan fingerprint density at radius 1 is 0.512 bits per heavy atom. The predicted octanol–water partition coefficient (Wildman–Crippen LogP) is 10.9. The van der Waals surface area contributed by atoms with E-state index in [9.17, 15) is 0 Å². The summed E-state index contributed by atoms with van der Waals surface area (Å²) in [7, 11) is 0. The average molecular weight is 524 g/mol. The van der Waals surface area contributed by atoms with Gasteiger partial charge in [-0.05, 0) is 92.4 Å². The second kappa shape index (κ2) is 7.77. The molecule has 1 heteroatoms. The SMILES string of the molecule is c1ccc(-n2c3ccccc3c3cc4ccc5c6c(cc7ccc(c4c75)c32)-c2ccccc2C62CCCCC2)cc1. The van der Waals surface area contributed by atoms with Gasteiger partial charge < -0.3 is 4.57 Å². The number of nitrogens with zero attached hydrogens (tertiary/aromatic N) is 1. The first-order valence-electron chi connectivity index (χ1n) is 15.2. The van der Waals surface area contributed by atoms with Gasteiger partial charge in [0.15, 0.2) is 0 Å². The quantitative estimate of drug-likeness (QED) is 0.189. The van der Waals surface area contributed by atoms with Gasteiger partial charge in [0.1, 0.15) is 0 Å². The Balaban J connectivity index is 1.40. The molecule has 1 saturated carbocycles. The van der Waals surface area contributed by atoms with Crippen molar-refractivity contribution in [2.24, 2.45) is 0 Å². The van der Waals surface area contributed by atoms with Gasteiger partial charge in [0.25, 0.3) is 0 Å². The zero-order valence-corrected chi connectivity index (χ0v) is 23.0. The zero-order chi connectivity index (χ0) is 26.7. The van der Waals surface area contributed by atoms with E-state index in [1.165, 1.54) is 103 Å². The van der Waals surface area contributed by atoms with E-state index >= 15 is 0 Å². The molecule has 1 aromatic heterocycles. The molecule has 0 N–H and O–H groups in total. The summed E-state index contributed by atoms with van der Waals surface area (Å²) >= 11 is 0. The van der Waals surface area contributed by atoms with Crippen LogP contribution in [0, 0.1) is 0 Å². The predicted molar refractivity (Wildman–Crippen MR) is 174 cm³/mol. The molecule has 0 atom stereocenters. The van der Waals surface area contributed by atoms with Crippen molar-refractivity contribution in [3.8, 4) is 16.8 Å². The van der Waals surface area contributed by atoms with Crippen LogP contribution in [0.2, 0.25) is 0 Å². The largest absolute Gasteiger partial charge is 0.309 e. The van der Waals surface area contributed by atoms with Crippen LogP contribution in [0.1, 0.15) is 43.2 Å². The van der Waals surface area contributed by atoms with E-state index in [0.29, 0.717) is 0 Å². The summed E-state index contributed by atoms with van der Waals surface area (Å²) < 4.78 is 2.49. The van der Waals surface area contributed by atoms with Gasteiger partial charge in [-0.15, -0.1) is 0 Å². The third kappa shape index (κ3) is 2.68. The summed E-state index contributed by atoms with van der Waals surface area (Å²) in [6.45, 7) is 0. The second-order valence-corrected chi connectivity index (χ2v) is 12.4. The molecule has 0 radical (unpaired) electrons. The van der Waals surface area contributed by atoms with Crippen molar-refractivity contribution in [2.45, 2.75) is 37.5 Å². The molecule has 10 rings (SSSR count). The standard InChI is InChI=1S/C40H29N/c1-3-11-27(12-4-1)41-35-16-8-6-14-29(35)33-24-26-17-19-30-36-25(18-20-31(37(26)36)39(33)41)23-32-28-13-5-7-15-34(28)40(38(30)32)21-9-2-10-22-40/h1,3-8,11-20,23-24H,2,9-10,21-22H2. The van der Waals surface area contributed by atoms with Gasteiger partial charge in [0, 0.05) is 27.3 Å². The molecule has 1 spiro atoms. The Labute approximate surface area is 239 Å².